The van der Waals surface area contributed by atoms with Crippen LogP contribution in [0.4, 0.5) is 10.2 Å². The van der Waals surface area contributed by atoms with E-state index in [0.717, 1.165) is 19.3 Å². The van der Waals surface area contributed by atoms with E-state index >= 15 is 0 Å². The Balaban J connectivity index is 1.66. The fourth-order valence-electron chi connectivity index (χ4n) is 2.75. The molecule has 1 aliphatic rings. The zero-order valence-electron chi connectivity index (χ0n) is 12.1. The van der Waals surface area contributed by atoms with Crippen molar-refractivity contribution in [3.8, 4) is 0 Å². The van der Waals surface area contributed by atoms with Gasteiger partial charge in [-0.15, -0.1) is 0 Å². The molecule has 1 aliphatic carbocycles. The number of anilines is 1. The van der Waals surface area contributed by atoms with Crippen molar-refractivity contribution in [1.82, 2.24) is 19.5 Å². The van der Waals surface area contributed by atoms with Gasteiger partial charge in [-0.2, -0.15) is 0 Å². The van der Waals surface area contributed by atoms with E-state index in [0.29, 0.717) is 30.2 Å². The van der Waals surface area contributed by atoms with Crippen LogP contribution in [-0.4, -0.2) is 38.9 Å². The Labute approximate surface area is 122 Å². The second-order valence-corrected chi connectivity index (χ2v) is 5.52. The van der Waals surface area contributed by atoms with Crippen LogP contribution in [0.1, 0.15) is 32.2 Å². The molecule has 2 heterocycles. The molecule has 1 unspecified atom stereocenters. The van der Waals surface area contributed by atoms with Gasteiger partial charge in [0.1, 0.15) is 18.0 Å². The van der Waals surface area contributed by atoms with E-state index in [-0.39, 0.29) is 12.0 Å². The molecule has 2 N–H and O–H groups in total. The summed E-state index contributed by atoms with van der Waals surface area (Å²) in [5, 5.41) is 0. The summed E-state index contributed by atoms with van der Waals surface area (Å²) >= 11 is 0. The number of nitrogen functional groups attached to an aromatic ring is 1. The molecule has 7 heteroatoms. The molecule has 114 valence electrons. The first-order valence-electron chi connectivity index (χ1n) is 7.37. The quantitative estimate of drug-likeness (QED) is 0.825. The molecule has 0 spiro atoms. The van der Waals surface area contributed by atoms with Crippen LogP contribution in [-0.2, 0) is 4.74 Å². The summed E-state index contributed by atoms with van der Waals surface area (Å²) in [6.45, 7) is 3.30. The molecular weight excluding hydrogens is 273 g/mol. The van der Waals surface area contributed by atoms with Crippen LogP contribution >= 0.6 is 0 Å². The van der Waals surface area contributed by atoms with E-state index < -0.39 is 6.17 Å². The lowest BCUT2D eigenvalue weighted by atomic mass is 9.78. The van der Waals surface area contributed by atoms with Crippen molar-refractivity contribution in [2.45, 2.75) is 38.4 Å². The van der Waals surface area contributed by atoms with Crippen LogP contribution in [0, 0.1) is 5.92 Å². The minimum Gasteiger partial charge on any atom is -0.382 e. The lowest BCUT2D eigenvalue weighted by molar-refractivity contribution is -0.0244. The van der Waals surface area contributed by atoms with Gasteiger partial charge in [0.15, 0.2) is 11.5 Å². The number of nitrogens with zero attached hydrogens (tertiary/aromatic N) is 4. The predicted octanol–water partition coefficient (Wildman–Crippen LogP) is 2.12. The second kappa shape index (κ2) is 5.93. The Morgan fingerprint density at radius 3 is 3.05 bits per heavy atom. The Morgan fingerprint density at radius 2 is 2.29 bits per heavy atom. The first-order chi connectivity index (χ1) is 10.2. The van der Waals surface area contributed by atoms with Gasteiger partial charge in [-0.05, 0) is 12.8 Å². The van der Waals surface area contributed by atoms with Crippen LogP contribution in [0.15, 0.2) is 12.7 Å². The maximum atomic E-state index is 14.4. The average Bonchev–Trinajstić information content (AvgIpc) is 2.90. The summed E-state index contributed by atoms with van der Waals surface area (Å²) in [4.78, 5) is 12.2. The maximum Gasteiger partial charge on any atom is 0.182 e. The fraction of sp³-hybridized carbons (Fsp3) is 0.643. The molecule has 0 saturated heterocycles. The number of ether oxygens (including phenoxy) is 1. The van der Waals surface area contributed by atoms with Gasteiger partial charge < -0.3 is 15.0 Å². The van der Waals surface area contributed by atoms with E-state index in [1.54, 1.807) is 10.9 Å². The third-order valence-electron chi connectivity index (χ3n) is 4.09. The molecule has 2 aromatic rings. The Hall–Kier alpha value is -1.76. The van der Waals surface area contributed by atoms with Crippen LogP contribution in [0.25, 0.3) is 11.2 Å². The highest BCUT2D eigenvalue weighted by Crippen LogP contribution is 2.42. The number of halogens is 1. The van der Waals surface area contributed by atoms with Gasteiger partial charge in [-0.3, -0.25) is 0 Å². The molecule has 0 radical (unpaired) electrons. The van der Waals surface area contributed by atoms with Crippen molar-refractivity contribution in [3.63, 3.8) is 0 Å². The van der Waals surface area contributed by atoms with Gasteiger partial charge >= 0.3 is 0 Å². The minimum absolute atomic E-state index is 0.0461. The van der Waals surface area contributed by atoms with Crippen molar-refractivity contribution < 1.29 is 9.13 Å². The highest BCUT2D eigenvalue weighted by molar-refractivity contribution is 5.81. The van der Waals surface area contributed by atoms with E-state index in [4.69, 9.17) is 10.5 Å². The highest BCUT2D eigenvalue weighted by Gasteiger charge is 2.43. The lowest BCUT2D eigenvalue weighted by Crippen LogP contribution is -2.42. The summed E-state index contributed by atoms with van der Waals surface area (Å²) in [6, 6.07) is -0.247. The van der Waals surface area contributed by atoms with Crippen molar-refractivity contribution in [2.75, 3.05) is 18.9 Å². The molecule has 3 rings (SSSR count). The fourth-order valence-corrected chi connectivity index (χ4v) is 2.75. The zero-order valence-corrected chi connectivity index (χ0v) is 12.1. The smallest absolute Gasteiger partial charge is 0.182 e. The largest absolute Gasteiger partial charge is 0.382 e. The highest BCUT2D eigenvalue weighted by atomic mass is 19.1. The van der Waals surface area contributed by atoms with Crippen molar-refractivity contribution in [2.24, 2.45) is 5.92 Å². The Bertz CT molecular complexity index is 616. The molecule has 1 fully saturated rings. The topological polar surface area (TPSA) is 78.8 Å². The van der Waals surface area contributed by atoms with Crippen molar-refractivity contribution in [1.29, 1.82) is 0 Å². The third kappa shape index (κ3) is 2.57. The average molecular weight is 293 g/mol. The Morgan fingerprint density at radius 1 is 1.43 bits per heavy atom. The Kier molecular flexibility index (Phi) is 4.01. The van der Waals surface area contributed by atoms with Gasteiger partial charge in [0.25, 0.3) is 0 Å². The number of fused-ring (bicyclic) bond motifs is 1. The number of nitrogens with two attached hydrogens (primary N) is 1. The summed E-state index contributed by atoms with van der Waals surface area (Å²) < 4.78 is 21.6. The number of hydrogen-bond acceptors (Lipinski definition) is 5. The molecule has 6 nitrogen and oxygen atoms in total. The number of imidazole rings is 1. The molecule has 1 saturated carbocycles. The standard InChI is InChI=1S/C14H20FN5O/c1-2-3-4-21-6-9-5-10(11(9)15)20-8-19-14-12(20)13(16)17-7-18-14/h7-11H,2-6H2,1H3,(H2,16,17,18)/t9-,10-,11?/m1/s1. The summed E-state index contributed by atoms with van der Waals surface area (Å²) in [5.41, 5.74) is 6.98. The molecule has 0 amide bonds. The predicted molar refractivity (Wildman–Crippen MR) is 77.5 cm³/mol. The van der Waals surface area contributed by atoms with Crippen molar-refractivity contribution in [3.05, 3.63) is 12.7 Å². The number of aromatic nitrogens is 4. The SMILES string of the molecule is CCCCOC[C@H]1C[C@@H](n2cnc3ncnc(N)c32)C1F. The third-order valence-corrected chi connectivity index (χ3v) is 4.09. The molecule has 0 aliphatic heterocycles. The summed E-state index contributed by atoms with van der Waals surface area (Å²) in [6.07, 6.45) is 4.87. The van der Waals surface area contributed by atoms with Crippen LogP contribution in [0.3, 0.4) is 0 Å². The molecule has 0 aromatic carbocycles. The first-order valence-corrected chi connectivity index (χ1v) is 7.37. The first kappa shape index (κ1) is 14.2. The number of hydrogen-bond donors (Lipinski definition) is 1. The number of unbranched alkanes of at least 4 members (excludes halogenated alkanes) is 1. The van der Waals surface area contributed by atoms with E-state index in [1.807, 2.05) is 0 Å². The summed E-state index contributed by atoms with van der Waals surface area (Å²) in [5.74, 6) is 0.294. The van der Waals surface area contributed by atoms with Gasteiger partial charge in [0, 0.05) is 12.5 Å². The number of alkyl halides is 1. The molecule has 21 heavy (non-hydrogen) atoms. The van der Waals surface area contributed by atoms with Gasteiger partial charge in [0.05, 0.1) is 19.0 Å². The van der Waals surface area contributed by atoms with Gasteiger partial charge in [-0.25, -0.2) is 19.3 Å². The summed E-state index contributed by atoms with van der Waals surface area (Å²) in [7, 11) is 0. The van der Waals surface area contributed by atoms with Gasteiger partial charge in [0.2, 0.25) is 0 Å². The molecular formula is C14H20FN5O. The van der Waals surface area contributed by atoms with Crippen LogP contribution in [0.5, 0.6) is 0 Å². The molecule has 3 atom stereocenters. The van der Waals surface area contributed by atoms with E-state index in [9.17, 15) is 4.39 Å². The van der Waals surface area contributed by atoms with Crippen LogP contribution < -0.4 is 5.73 Å². The lowest BCUT2D eigenvalue weighted by Gasteiger charge is -2.40. The molecule has 2 aromatic heterocycles. The van der Waals surface area contributed by atoms with Crippen molar-refractivity contribution >= 4 is 17.0 Å². The van der Waals surface area contributed by atoms with E-state index in [2.05, 4.69) is 21.9 Å². The normalized spacial score (nSPS) is 25.1. The van der Waals surface area contributed by atoms with E-state index in [1.165, 1.54) is 6.33 Å². The second-order valence-electron chi connectivity index (χ2n) is 5.52. The van der Waals surface area contributed by atoms with Gasteiger partial charge in [-0.1, -0.05) is 13.3 Å². The van der Waals surface area contributed by atoms with Crippen LogP contribution in [0.2, 0.25) is 0 Å². The molecule has 0 bridgehead atoms. The maximum absolute atomic E-state index is 14.4. The zero-order chi connectivity index (χ0) is 14.8. The minimum atomic E-state index is -0.941. The number of rotatable bonds is 6. The monoisotopic (exact) mass is 293 g/mol.